The molecule has 0 saturated heterocycles. The highest BCUT2D eigenvalue weighted by atomic mass is 127. The van der Waals surface area contributed by atoms with Crippen LogP contribution in [0.3, 0.4) is 0 Å². The number of aldehydes is 1. The molecule has 0 radical (unpaired) electrons. The normalized spacial score (nSPS) is 10.3. The lowest BCUT2D eigenvalue weighted by atomic mass is 10.2. The molecule has 1 aromatic carbocycles. The second-order valence-electron chi connectivity index (χ2n) is 2.90. The molecule has 5 heteroatoms. The second-order valence-corrected chi connectivity index (χ2v) is 4.92. The molecule has 76 valence electrons. The van der Waals surface area contributed by atoms with Crippen LogP contribution in [0.4, 0.5) is 0 Å². The first kappa shape index (κ1) is 10.8. The molecule has 2 rings (SSSR count). The Bertz CT molecular complexity index is 490. The molecule has 0 fully saturated rings. The first-order valence-corrected chi connectivity index (χ1v) is 6.04. The van der Waals surface area contributed by atoms with Crippen LogP contribution in [-0.4, -0.2) is 16.3 Å². The van der Waals surface area contributed by atoms with Gasteiger partial charge in [0.25, 0.3) is 0 Å². The molecular weight excluding hydrogens is 371 g/mol. The number of halogens is 2. The first-order valence-electron chi connectivity index (χ1n) is 4.17. The number of H-pyrrole nitrogens is 1. The number of hydrogen-bond donors (Lipinski definition) is 1. The van der Waals surface area contributed by atoms with Crippen LogP contribution in [0.5, 0.6) is 0 Å². The molecule has 1 heterocycles. The van der Waals surface area contributed by atoms with E-state index in [1.165, 1.54) is 6.20 Å². The zero-order valence-electron chi connectivity index (χ0n) is 7.50. The smallest absolute Gasteiger partial charge is 0.167 e. The van der Waals surface area contributed by atoms with Crippen LogP contribution >= 0.6 is 38.5 Å². The number of hydrogen-bond acceptors (Lipinski definition) is 2. The van der Waals surface area contributed by atoms with E-state index in [9.17, 15) is 4.79 Å². The van der Waals surface area contributed by atoms with Crippen molar-refractivity contribution in [2.45, 2.75) is 0 Å². The van der Waals surface area contributed by atoms with Crippen molar-refractivity contribution in [3.63, 3.8) is 0 Å². The van der Waals surface area contributed by atoms with Gasteiger partial charge < -0.3 is 4.98 Å². The van der Waals surface area contributed by atoms with Crippen molar-refractivity contribution < 1.29 is 4.79 Å². The van der Waals surface area contributed by atoms with Gasteiger partial charge in [0.05, 0.1) is 11.9 Å². The van der Waals surface area contributed by atoms with E-state index in [2.05, 4.69) is 48.5 Å². The quantitative estimate of drug-likeness (QED) is 0.646. The third kappa shape index (κ3) is 2.12. The molecule has 3 nitrogen and oxygen atoms in total. The van der Waals surface area contributed by atoms with E-state index >= 15 is 0 Å². The third-order valence-corrected chi connectivity index (χ3v) is 3.48. The molecule has 0 aliphatic carbocycles. The van der Waals surface area contributed by atoms with Gasteiger partial charge in [0.2, 0.25) is 0 Å². The lowest BCUT2D eigenvalue weighted by Gasteiger charge is -2.03. The van der Waals surface area contributed by atoms with E-state index in [1.807, 2.05) is 18.2 Å². The maximum Gasteiger partial charge on any atom is 0.167 e. The molecule has 0 aliphatic heterocycles. The van der Waals surface area contributed by atoms with Crippen LogP contribution in [-0.2, 0) is 0 Å². The van der Waals surface area contributed by atoms with Crippen LogP contribution in [0.15, 0.2) is 28.9 Å². The molecule has 0 saturated carbocycles. The summed E-state index contributed by atoms with van der Waals surface area (Å²) in [4.78, 5) is 17.6. The van der Waals surface area contributed by atoms with E-state index < -0.39 is 0 Å². The summed E-state index contributed by atoms with van der Waals surface area (Å²) in [5.41, 5.74) is 1.46. The molecule has 0 spiro atoms. The number of carbonyl (C=O) groups is 1. The number of benzene rings is 1. The van der Waals surface area contributed by atoms with Crippen molar-refractivity contribution in [3.8, 4) is 11.4 Å². The Hall–Kier alpha value is -0.690. The highest BCUT2D eigenvalue weighted by Gasteiger charge is 2.10. The van der Waals surface area contributed by atoms with Gasteiger partial charge in [-0.2, -0.15) is 0 Å². The van der Waals surface area contributed by atoms with Gasteiger partial charge >= 0.3 is 0 Å². The number of rotatable bonds is 2. The number of imidazole rings is 1. The summed E-state index contributed by atoms with van der Waals surface area (Å²) >= 11 is 5.69. The number of carbonyl (C=O) groups excluding carboxylic acids is 1. The highest BCUT2D eigenvalue weighted by Crippen LogP contribution is 2.30. The van der Waals surface area contributed by atoms with Crippen LogP contribution in [0.1, 0.15) is 10.5 Å². The van der Waals surface area contributed by atoms with E-state index in [1.54, 1.807) is 0 Å². The third-order valence-electron chi connectivity index (χ3n) is 1.92. The minimum Gasteiger partial charge on any atom is -0.336 e. The van der Waals surface area contributed by atoms with E-state index in [0.29, 0.717) is 11.5 Å². The predicted octanol–water partition coefficient (Wildman–Crippen LogP) is 3.26. The van der Waals surface area contributed by atoms with Crippen molar-refractivity contribution in [1.29, 1.82) is 0 Å². The Morgan fingerprint density at radius 3 is 2.87 bits per heavy atom. The van der Waals surface area contributed by atoms with Gasteiger partial charge in [-0.1, -0.05) is 22.0 Å². The number of aromatic amines is 1. The summed E-state index contributed by atoms with van der Waals surface area (Å²) in [5, 5.41) is 0. The summed E-state index contributed by atoms with van der Waals surface area (Å²) in [6.07, 6.45) is 2.28. The molecule has 0 amide bonds. The Labute approximate surface area is 109 Å². The lowest BCUT2D eigenvalue weighted by Crippen LogP contribution is -1.87. The number of nitrogens with zero attached hydrogens (tertiary/aromatic N) is 1. The molecule has 0 aliphatic rings. The molecule has 0 unspecified atom stereocenters. The maximum absolute atomic E-state index is 10.5. The summed E-state index contributed by atoms with van der Waals surface area (Å²) in [5.74, 6) is 0.703. The van der Waals surface area contributed by atoms with Crippen LogP contribution in [0.25, 0.3) is 11.4 Å². The van der Waals surface area contributed by atoms with Gasteiger partial charge in [0.15, 0.2) is 6.29 Å². The topological polar surface area (TPSA) is 45.8 Å². The molecule has 1 N–H and O–H groups in total. The lowest BCUT2D eigenvalue weighted by molar-refractivity contribution is 0.111. The fourth-order valence-corrected chi connectivity index (χ4v) is 2.92. The Morgan fingerprint density at radius 2 is 2.27 bits per heavy atom. The van der Waals surface area contributed by atoms with Crippen molar-refractivity contribution in [2.75, 3.05) is 0 Å². The van der Waals surface area contributed by atoms with Crippen LogP contribution in [0.2, 0.25) is 0 Å². The van der Waals surface area contributed by atoms with Gasteiger partial charge in [-0.25, -0.2) is 4.98 Å². The Balaban J connectivity index is 2.58. The van der Waals surface area contributed by atoms with Gasteiger partial charge in [-0.3, -0.25) is 4.79 Å². The average Bonchev–Trinajstić information content (AvgIpc) is 2.66. The van der Waals surface area contributed by atoms with Crippen molar-refractivity contribution in [1.82, 2.24) is 9.97 Å². The summed E-state index contributed by atoms with van der Waals surface area (Å²) in [6.45, 7) is 0. The van der Waals surface area contributed by atoms with Gasteiger partial charge in [-0.05, 0) is 34.7 Å². The first-order chi connectivity index (χ1) is 7.22. The fourth-order valence-electron chi connectivity index (χ4n) is 1.25. The number of aromatic nitrogens is 2. The van der Waals surface area contributed by atoms with Gasteiger partial charge in [-0.15, -0.1) is 0 Å². The zero-order chi connectivity index (χ0) is 10.8. The second kappa shape index (κ2) is 4.44. The van der Waals surface area contributed by atoms with Gasteiger partial charge in [0.1, 0.15) is 5.82 Å². The largest absolute Gasteiger partial charge is 0.336 e. The molecule has 0 bridgehead atoms. The van der Waals surface area contributed by atoms with Crippen LogP contribution in [0, 0.1) is 3.57 Å². The Kier molecular flexibility index (Phi) is 3.20. The molecule has 1 aromatic heterocycles. The average molecular weight is 377 g/mol. The molecule has 15 heavy (non-hydrogen) atoms. The number of nitrogens with one attached hydrogen (secondary N) is 1. The molecular formula is C10H6BrIN2O. The zero-order valence-corrected chi connectivity index (χ0v) is 11.2. The minimum atomic E-state index is 0.483. The SMILES string of the molecule is O=Cc1cnc(-c2c(Br)cccc2I)[nH]1. The van der Waals surface area contributed by atoms with Crippen molar-refractivity contribution >= 4 is 44.8 Å². The monoisotopic (exact) mass is 376 g/mol. The van der Waals surface area contributed by atoms with E-state index in [0.717, 1.165) is 19.9 Å². The Morgan fingerprint density at radius 1 is 1.47 bits per heavy atom. The molecule has 2 aromatic rings. The van der Waals surface area contributed by atoms with Crippen molar-refractivity contribution in [2.24, 2.45) is 0 Å². The fraction of sp³-hybridized carbons (Fsp3) is 0. The summed E-state index contributed by atoms with van der Waals surface area (Å²) in [6, 6.07) is 5.89. The molecule has 0 atom stereocenters. The highest BCUT2D eigenvalue weighted by molar-refractivity contribution is 14.1. The maximum atomic E-state index is 10.5. The standard InChI is InChI=1S/C10H6BrIN2O/c11-7-2-1-3-8(12)9(7)10-13-4-6(5-15)14-10/h1-5H,(H,13,14). The van der Waals surface area contributed by atoms with Gasteiger partial charge in [0, 0.05) is 13.6 Å². The predicted molar refractivity (Wildman–Crippen MR) is 69.8 cm³/mol. The van der Waals surface area contributed by atoms with E-state index in [4.69, 9.17) is 0 Å². The van der Waals surface area contributed by atoms with E-state index in [-0.39, 0.29) is 0 Å². The summed E-state index contributed by atoms with van der Waals surface area (Å²) < 4.78 is 2.04. The minimum absolute atomic E-state index is 0.483. The van der Waals surface area contributed by atoms with Crippen molar-refractivity contribution in [3.05, 3.63) is 38.1 Å². The summed E-state index contributed by atoms with van der Waals surface area (Å²) in [7, 11) is 0. The van der Waals surface area contributed by atoms with Crippen LogP contribution < -0.4 is 0 Å².